The molecule has 0 bridgehead atoms. The normalized spacial score (nSPS) is 10.1. The summed E-state index contributed by atoms with van der Waals surface area (Å²) in [4.78, 5) is 33.6. The summed E-state index contributed by atoms with van der Waals surface area (Å²) < 4.78 is 9.96. The fourth-order valence-corrected chi connectivity index (χ4v) is 1.92. The molecule has 0 N–H and O–H groups in total. The van der Waals surface area contributed by atoms with Crippen LogP contribution in [0.15, 0.2) is 11.4 Å². The molecule has 0 spiro atoms. The monoisotopic (exact) mass is 313 g/mol. The molecule has 0 radical (unpaired) electrons. The second-order valence-electron chi connectivity index (χ2n) is 3.76. The third kappa shape index (κ3) is 4.32. The summed E-state index contributed by atoms with van der Waals surface area (Å²) in [6.45, 7) is 5.98. The molecule has 0 saturated heterocycles. The molecule has 1 rings (SSSR count). The van der Waals surface area contributed by atoms with Gasteiger partial charge in [-0.2, -0.15) is 0 Å². The van der Waals surface area contributed by atoms with E-state index in [0.29, 0.717) is 11.7 Å². The Bertz CT molecular complexity index is 510. The van der Waals surface area contributed by atoms with Gasteiger partial charge in [0, 0.05) is 12.7 Å². The summed E-state index contributed by atoms with van der Waals surface area (Å²) in [5.74, 6) is -0.364. The van der Waals surface area contributed by atoms with Crippen LogP contribution in [-0.2, 0) is 9.47 Å². The Balaban J connectivity index is 3.27. The largest absolute Gasteiger partial charge is 0.462 e. The summed E-state index contributed by atoms with van der Waals surface area (Å²) in [5.41, 5.74) is 0.143. The second kappa shape index (κ2) is 8.46. The maximum Gasteiger partial charge on any atom is 0.415 e. The highest BCUT2D eigenvalue weighted by Crippen LogP contribution is 2.22. The number of hydrogen-bond acceptors (Lipinski definition) is 7. The Morgan fingerprint density at radius 3 is 2.43 bits per heavy atom. The SMILES string of the molecule is CCOC(=O)c1cnc(SC)nc1N(CC)C(=O)OCC. The number of ether oxygens (including phenoxy) is 2. The van der Waals surface area contributed by atoms with E-state index in [0.717, 1.165) is 0 Å². The lowest BCUT2D eigenvalue weighted by Crippen LogP contribution is -2.34. The average molecular weight is 313 g/mol. The third-order valence-corrected chi connectivity index (χ3v) is 3.05. The van der Waals surface area contributed by atoms with Crippen LogP contribution in [0.25, 0.3) is 0 Å². The first kappa shape index (κ1) is 17.2. The molecule has 0 unspecified atom stereocenters. The van der Waals surface area contributed by atoms with E-state index in [9.17, 15) is 9.59 Å². The van der Waals surface area contributed by atoms with Gasteiger partial charge < -0.3 is 9.47 Å². The van der Waals surface area contributed by atoms with Gasteiger partial charge in [-0.05, 0) is 27.0 Å². The highest BCUT2D eigenvalue weighted by atomic mass is 32.2. The quantitative estimate of drug-likeness (QED) is 0.453. The number of carbonyl (C=O) groups excluding carboxylic acids is 2. The number of carbonyl (C=O) groups is 2. The Morgan fingerprint density at radius 1 is 1.24 bits per heavy atom. The first-order valence-corrected chi connectivity index (χ1v) is 7.83. The zero-order chi connectivity index (χ0) is 15.8. The van der Waals surface area contributed by atoms with E-state index < -0.39 is 12.1 Å². The molecule has 0 atom stereocenters. The van der Waals surface area contributed by atoms with Crippen molar-refractivity contribution in [1.29, 1.82) is 0 Å². The molecule has 0 aliphatic carbocycles. The van der Waals surface area contributed by atoms with E-state index in [-0.39, 0.29) is 24.6 Å². The average Bonchev–Trinajstić information content (AvgIpc) is 2.48. The highest BCUT2D eigenvalue weighted by molar-refractivity contribution is 7.98. The molecule has 1 amide bonds. The van der Waals surface area contributed by atoms with Gasteiger partial charge >= 0.3 is 12.1 Å². The predicted octanol–water partition coefficient (Wildman–Crippen LogP) is 2.36. The molecule has 0 saturated carbocycles. The second-order valence-corrected chi connectivity index (χ2v) is 4.53. The molecule has 0 fully saturated rings. The van der Waals surface area contributed by atoms with Gasteiger partial charge in [-0.3, -0.25) is 4.90 Å². The summed E-state index contributed by atoms with van der Waals surface area (Å²) in [6, 6.07) is 0. The van der Waals surface area contributed by atoms with Gasteiger partial charge in [0.1, 0.15) is 5.56 Å². The molecule has 21 heavy (non-hydrogen) atoms. The minimum atomic E-state index is -0.567. The van der Waals surface area contributed by atoms with Crippen molar-refractivity contribution in [2.75, 3.05) is 30.9 Å². The third-order valence-electron chi connectivity index (χ3n) is 2.48. The van der Waals surface area contributed by atoms with Crippen molar-refractivity contribution in [1.82, 2.24) is 9.97 Å². The topological polar surface area (TPSA) is 81.6 Å². The number of thioether (sulfide) groups is 1. The number of anilines is 1. The highest BCUT2D eigenvalue weighted by Gasteiger charge is 2.25. The van der Waals surface area contributed by atoms with E-state index in [1.54, 1.807) is 20.8 Å². The van der Waals surface area contributed by atoms with Gasteiger partial charge in [0.05, 0.1) is 13.2 Å². The van der Waals surface area contributed by atoms with Gasteiger partial charge in [0.25, 0.3) is 0 Å². The summed E-state index contributed by atoms with van der Waals surface area (Å²) >= 11 is 1.32. The van der Waals surface area contributed by atoms with Crippen LogP contribution >= 0.6 is 11.8 Å². The molecule has 0 aromatic carbocycles. The first-order chi connectivity index (χ1) is 10.1. The maximum absolute atomic E-state index is 12.0. The molecule has 1 aromatic rings. The lowest BCUT2D eigenvalue weighted by atomic mass is 10.3. The fourth-order valence-electron chi connectivity index (χ4n) is 1.58. The fraction of sp³-hybridized carbons (Fsp3) is 0.538. The minimum Gasteiger partial charge on any atom is -0.462 e. The molecule has 0 aliphatic rings. The van der Waals surface area contributed by atoms with Gasteiger partial charge in [-0.1, -0.05) is 11.8 Å². The van der Waals surface area contributed by atoms with Crippen molar-refractivity contribution in [2.24, 2.45) is 0 Å². The van der Waals surface area contributed by atoms with Crippen LogP contribution in [0, 0.1) is 0 Å². The lowest BCUT2D eigenvalue weighted by molar-refractivity contribution is 0.0526. The Kier molecular flexibility index (Phi) is 6.93. The molecule has 116 valence electrons. The number of rotatable bonds is 6. The molecule has 7 nitrogen and oxygen atoms in total. The Hall–Kier alpha value is -1.83. The zero-order valence-electron chi connectivity index (χ0n) is 12.6. The molecule has 0 aliphatic heterocycles. The van der Waals surface area contributed by atoms with Crippen molar-refractivity contribution in [3.63, 3.8) is 0 Å². The van der Waals surface area contributed by atoms with Crippen molar-refractivity contribution in [3.05, 3.63) is 11.8 Å². The lowest BCUT2D eigenvalue weighted by Gasteiger charge is -2.21. The van der Waals surface area contributed by atoms with E-state index >= 15 is 0 Å². The van der Waals surface area contributed by atoms with Crippen LogP contribution in [0.3, 0.4) is 0 Å². The van der Waals surface area contributed by atoms with Crippen molar-refractivity contribution >= 4 is 29.6 Å². The van der Waals surface area contributed by atoms with E-state index in [1.807, 2.05) is 6.26 Å². The minimum absolute atomic E-state index is 0.143. The number of nitrogens with zero attached hydrogens (tertiary/aromatic N) is 3. The van der Waals surface area contributed by atoms with Crippen LogP contribution in [0.2, 0.25) is 0 Å². The Morgan fingerprint density at radius 2 is 1.90 bits per heavy atom. The van der Waals surface area contributed by atoms with Crippen molar-refractivity contribution in [3.8, 4) is 0 Å². The molecular weight excluding hydrogens is 294 g/mol. The maximum atomic E-state index is 12.0. The van der Waals surface area contributed by atoms with Crippen molar-refractivity contribution < 1.29 is 19.1 Å². The Labute approximate surface area is 128 Å². The summed E-state index contributed by atoms with van der Waals surface area (Å²) in [6.07, 6.45) is 2.62. The van der Waals surface area contributed by atoms with Gasteiger partial charge in [-0.25, -0.2) is 19.6 Å². The van der Waals surface area contributed by atoms with Gasteiger partial charge in [0.2, 0.25) is 0 Å². The number of amides is 1. The van der Waals surface area contributed by atoms with Crippen LogP contribution in [0.5, 0.6) is 0 Å². The number of aromatic nitrogens is 2. The van der Waals surface area contributed by atoms with E-state index in [1.165, 1.54) is 22.9 Å². The number of esters is 1. The van der Waals surface area contributed by atoms with Crippen molar-refractivity contribution in [2.45, 2.75) is 25.9 Å². The first-order valence-electron chi connectivity index (χ1n) is 6.61. The molecular formula is C13H19N3O4S. The molecule has 1 aromatic heterocycles. The van der Waals surface area contributed by atoms with Gasteiger partial charge in [0.15, 0.2) is 11.0 Å². The van der Waals surface area contributed by atoms with Gasteiger partial charge in [-0.15, -0.1) is 0 Å². The zero-order valence-corrected chi connectivity index (χ0v) is 13.4. The van der Waals surface area contributed by atoms with E-state index in [4.69, 9.17) is 9.47 Å². The van der Waals surface area contributed by atoms with Crippen LogP contribution in [0.1, 0.15) is 31.1 Å². The van der Waals surface area contributed by atoms with Crippen LogP contribution in [-0.4, -0.2) is 48.0 Å². The predicted molar refractivity (Wildman–Crippen MR) is 79.8 cm³/mol. The molecule has 8 heteroatoms. The number of hydrogen-bond donors (Lipinski definition) is 0. The standard InChI is InChI=1S/C13H19N3O4S/c1-5-16(13(18)20-7-3)10-9(11(17)19-6-2)8-14-12(15-10)21-4/h8H,5-7H2,1-4H3. The van der Waals surface area contributed by atoms with E-state index in [2.05, 4.69) is 9.97 Å². The molecule has 1 heterocycles. The smallest absolute Gasteiger partial charge is 0.415 e. The van der Waals surface area contributed by atoms with Crippen LogP contribution in [0.4, 0.5) is 10.6 Å². The summed E-state index contributed by atoms with van der Waals surface area (Å²) in [7, 11) is 0. The summed E-state index contributed by atoms with van der Waals surface area (Å²) in [5, 5.41) is 0.459. The van der Waals surface area contributed by atoms with Crippen LogP contribution < -0.4 is 4.90 Å².